The van der Waals surface area contributed by atoms with Crippen molar-refractivity contribution < 1.29 is 8.78 Å². The lowest BCUT2D eigenvalue weighted by atomic mass is 10.2. The molecule has 0 saturated carbocycles. The number of benzene rings is 1. The zero-order valence-corrected chi connectivity index (χ0v) is 8.93. The van der Waals surface area contributed by atoms with Crippen LogP contribution < -0.4 is 10.6 Å². The predicted octanol–water partition coefficient (Wildman–Crippen LogP) is 1.40. The fraction of sp³-hybridized carbons (Fsp3) is 0.364. The third-order valence-electron chi connectivity index (χ3n) is 2.29. The Morgan fingerprint density at radius 1 is 1.38 bits per heavy atom. The summed E-state index contributed by atoms with van der Waals surface area (Å²) in [4.78, 5) is 4.18. The maximum Gasteiger partial charge on any atom is 0.191 e. The summed E-state index contributed by atoms with van der Waals surface area (Å²) in [6.45, 7) is 3.09. The van der Waals surface area contributed by atoms with Crippen molar-refractivity contribution in [3.8, 4) is 0 Å². The van der Waals surface area contributed by atoms with Crippen molar-refractivity contribution in [2.24, 2.45) is 4.99 Å². The Kier molecular flexibility index (Phi) is 3.03. The van der Waals surface area contributed by atoms with Gasteiger partial charge in [-0.2, -0.15) is 0 Å². The normalized spacial score (nSPS) is 19.2. The summed E-state index contributed by atoms with van der Waals surface area (Å²) in [7, 11) is 0. The molecule has 0 aliphatic carbocycles. The second kappa shape index (κ2) is 4.47. The van der Waals surface area contributed by atoms with Gasteiger partial charge in [0.1, 0.15) is 11.6 Å². The monoisotopic (exact) mass is 225 g/mol. The molecule has 86 valence electrons. The Morgan fingerprint density at radius 2 is 2.06 bits per heavy atom. The van der Waals surface area contributed by atoms with Crippen LogP contribution in [0, 0.1) is 11.6 Å². The third kappa shape index (κ3) is 2.68. The topological polar surface area (TPSA) is 36.4 Å². The molecular weight excluding hydrogens is 212 g/mol. The van der Waals surface area contributed by atoms with E-state index in [1.807, 2.05) is 6.92 Å². The van der Waals surface area contributed by atoms with Crippen LogP contribution in [0.3, 0.4) is 0 Å². The molecule has 1 aliphatic rings. The van der Waals surface area contributed by atoms with E-state index in [2.05, 4.69) is 15.6 Å². The van der Waals surface area contributed by atoms with E-state index in [4.69, 9.17) is 0 Å². The van der Waals surface area contributed by atoms with Gasteiger partial charge in [-0.05, 0) is 24.6 Å². The van der Waals surface area contributed by atoms with E-state index in [-0.39, 0.29) is 0 Å². The number of rotatable bonds is 2. The first-order valence-electron chi connectivity index (χ1n) is 5.13. The molecule has 3 nitrogen and oxygen atoms in total. The molecule has 2 rings (SSSR count). The maximum absolute atomic E-state index is 12.9. The van der Waals surface area contributed by atoms with Gasteiger partial charge >= 0.3 is 0 Å². The Balaban J connectivity index is 1.94. The van der Waals surface area contributed by atoms with Crippen molar-refractivity contribution in [3.05, 3.63) is 35.4 Å². The van der Waals surface area contributed by atoms with E-state index >= 15 is 0 Å². The molecule has 0 aromatic heterocycles. The molecule has 16 heavy (non-hydrogen) atoms. The molecule has 1 aliphatic heterocycles. The highest BCUT2D eigenvalue weighted by molar-refractivity contribution is 5.81. The number of nitrogens with zero attached hydrogens (tertiary/aromatic N) is 1. The van der Waals surface area contributed by atoms with Crippen LogP contribution in [0.15, 0.2) is 23.2 Å². The Morgan fingerprint density at radius 3 is 2.62 bits per heavy atom. The van der Waals surface area contributed by atoms with Crippen LogP contribution in [-0.2, 0) is 6.54 Å². The van der Waals surface area contributed by atoms with E-state index in [9.17, 15) is 8.78 Å². The van der Waals surface area contributed by atoms with Crippen molar-refractivity contribution in [3.63, 3.8) is 0 Å². The second-order valence-corrected chi connectivity index (χ2v) is 3.87. The standard InChI is InChI=1S/C11H13F2N3/c1-7-5-14-11(16-7)15-6-8-2-9(12)4-10(13)3-8/h2-4,7H,5-6H2,1H3,(H2,14,15,16). The average molecular weight is 225 g/mol. The van der Waals surface area contributed by atoms with E-state index in [1.165, 1.54) is 12.1 Å². The van der Waals surface area contributed by atoms with Crippen molar-refractivity contribution in [2.75, 3.05) is 6.54 Å². The first kappa shape index (κ1) is 10.9. The molecule has 0 spiro atoms. The summed E-state index contributed by atoms with van der Waals surface area (Å²) in [6, 6.07) is 3.77. The highest BCUT2D eigenvalue weighted by Gasteiger charge is 2.11. The molecule has 0 bridgehead atoms. The second-order valence-electron chi connectivity index (χ2n) is 3.87. The van der Waals surface area contributed by atoms with Crippen molar-refractivity contribution in [2.45, 2.75) is 19.5 Å². The summed E-state index contributed by atoms with van der Waals surface area (Å²) in [5.41, 5.74) is 0.557. The number of nitrogens with one attached hydrogen (secondary N) is 2. The fourth-order valence-electron chi connectivity index (χ4n) is 1.56. The van der Waals surface area contributed by atoms with Crippen LogP contribution in [-0.4, -0.2) is 18.5 Å². The highest BCUT2D eigenvalue weighted by atomic mass is 19.1. The van der Waals surface area contributed by atoms with E-state index in [0.717, 1.165) is 12.6 Å². The Bertz CT molecular complexity index is 397. The first-order chi connectivity index (χ1) is 7.63. The van der Waals surface area contributed by atoms with Crippen LogP contribution in [0.4, 0.5) is 8.78 Å². The lowest BCUT2D eigenvalue weighted by Crippen LogP contribution is -2.37. The van der Waals surface area contributed by atoms with Crippen LogP contribution in [0.2, 0.25) is 0 Å². The number of guanidine groups is 1. The first-order valence-corrected chi connectivity index (χ1v) is 5.13. The van der Waals surface area contributed by atoms with Crippen LogP contribution >= 0.6 is 0 Å². The number of halogens is 2. The van der Waals surface area contributed by atoms with Gasteiger partial charge in [-0.15, -0.1) is 0 Å². The van der Waals surface area contributed by atoms with Crippen molar-refractivity contribution >= 4 is 5.96 Å². The lowest BCUT2D eigenvalue weighted by Gasteiger charge is -2.08. The summed E-state index contributed by atoms with van der Waals surface area (Å²) in [5, 5.41) is 6.09. The van der Waals surface area contributed by atoms with Gasteiger partial charge in [0.05, 0.1) is 6.54 Å². The Hall–Kier alpha value is -1.65. The summed E-state index contributed by atoms with van der Waals surface area (Å²) < 4.78 is 25.8. The van der Waals surface area contributed by atoms with Gasteiger partial charge in [0.2, 0.25) is 0 Å². The molecule has 1 aromatic carbocycles. The minimum atomic E-state index is -0.563. The molecule has 1 atom stereocenters. The number of aliphatic imine (C=N–C) groups is 1. The molecular formula is C11H13F2N3. The molecule has 1 aromatic rings. The maximum atomic E-state index is 12.9. The van der Waals surface area contributed by atoms with E-state index in [0.29, 0.717) is 24.1 Å². The molecule has 2 N–H and O–H groups in total. The third-order valence-corrected chi connectivity index (χ3v) is 2.29. The van der Waals surface area contributed by atoms with Crippen molar-refractivity contribution in [1.29, 1.82) is 0 Å². The predicted molar refractivity (Wildman–Crippen MR) is 58.1 cm³/mol. The lowest BCUT2D eigenvalue weighted by molar-refractivity contribution is 0.578. The van der Waals surface area contributed by atoms with E-state index < -0.39 is 11.6 Å². The van der Waals surface area contributed by atoms with Crippen LogP contribution in [0.1, 0.15) is 12.5 Å². The number of hydrogen-bond donors (Lipinski definition) is 2. The Labute approximate surface area is 92.6 Å². The zero-order chi connectivity index (χ0) is 11.5. The molecule has 5 heteroatoms. The molecule has 0 radical (unpaired) electrons. The summed E-state index contributed by atoms with van der Waals surface area (Å²) in [5.74, 6) is -0.449. The fourth-order valence-corrected chi connectivity index (χ4v) is 1.56. The smallest absolute Gasteiger partial charge is 0.191 e. The molecule has 0 saturated heterocycles. The SMILES string of the molecule is CC1CN=C(NCc2cc(F)cc(F)c2)N1. The van der Waals surface area contributed by atoms with Gasteiger partial charge in [-0.1, -0.05) is 0 Å². The van der Waals surface area contributed by atoms with Gasteiger partial charge in [0.25, 0.3) is 0 Å². The van der Waals surface area contributed by atoms with Gasteiger partial charge < -0.3 is 10.6 Å². The minimum absolute atomic E-state index is 0.312. The average Bonchev–Trinajstić information content (AvgIpc) is 2.60. The summed E-state index contributed by atoms with van der Waals surface area (Å²) >= 11 is 0. The van der Waals surface area contributed by atoms with Gasteiger partial charge in [0, 0.05) is 18.7 Å². The quantitative estimate of drug-likeness (QED) is 0.798. The summed E-state index contributed by atoms with van der Waals surface area (Å²) in [6.07, 6.45) is 0. The van der Waals surface area contributed by atoms with Gasteiger partial charge in [0.15, 0.2) is 5.96 Å². The minimum Gasteiger partial charge on any atom is -0.352 e. The largest absolute Gasteiger partial charge is 0.352 e. The highest BCUT2D eigenvalue weighted by Crippen LogP contribution is 2.07. The van der Waals surface area contributed by atoms with Crippen LogP contribution in [0.25, 0.3) is 0 Å². The molecule has 1 unspecified atom stereocenters. The van der Waals surface area contributed by atoms with Crippen molar-refractivity contribution in [1.82, 2.24) is 10.6 Å². The van der Waals surface area contributed by atoms with Gasteiger partial charge in [-0.3, -0.25) is 4.99 Å². The zero-order valence-electron chi connectivity index (χ0n) is 8.93. The van der Waals surface area contributed by atoms with Gasteiger partial charge in [-0.25, -0.2) is 8.78 Å². The van der Waals surface area contributed by atoms with Crippen LogP contribution in [0.5, 0.6) is 0 Å². The molecule has 0 fully saturated rings. The molecule has 0 amide bonds. The van der Waals surface area contributed by atoms with E-state index in [1.54, 1.807) is 0 Å². The number of hydrogen-bond acceptors (Lipinski definition) is 3. The molecule has 1 heterocycles.